The number of fused-ring (bicyclic) bond motifs is 1. The summed E-state index contributed by atoms with van der Waals surface area (Å²) < 4.78 is 7.96. The minimum atomic E-state index is -0.884. The normalized spacial score (nSPS) is 32.3. The topological polar surface area (TPSA) is 64.3 Å². The van der Waals surface area contributed by atoms with Gasteiger partial charge in [-0.2, -0.15) is 5.10 Å². The van der Waals surface area contributed by atoms with Gasteiger partial charge in [-0.15, -0.1) is 0 Å². The third-order valence-corrected chi connectivity index (χ3v) is 8.06. The summed E-state index contributed by atoms with van der Waals surface area (Å²) >= 11 is 0. The third kappa shape index (κ3) is 3.43. The minimum absolute atomic E-state index is 0.0197. The minimum Gasteiger partial charge on any atom is -0.478 e. The Balaban J connectivity index is 1.42. The molecule has 5 aliphatic rings. The van der Waals surface area contributed by atoms with E-state index in [9.17, 15) is 9.90 Å². The fourth-order valence-corrected chi connectivity index (χ4v) is 7.01. The van der Waals surface area contributed by atoms with Crippen LogP contribution in [-0.2, 0) is 9.53 Å². The molecule has 1 atom stereocenters. The monoisotopic (exact) mass is 418 g/mol. The number of allylic oxidation sites excluding steroid dienone is 3. The van der Waals surface area contributed by atoms with Gasteiger partial charge in [0.1, 0.15) is 0 Å². The van der Waals surface area contributed by atoms with Crippen LogP contribution in [0.1, 0.15) is 63.2 Å². The second-order valence-electron chi connectivity index (χ2n) is 10.0. The first-order chi connectivity index (χ1) is 15.2. The van der Waals surface area contributed by atoms with Gasteiger partial charge in [-0.1, -0.05) is 11.6 Å². The lowest BCUT2D eigenvalue weighted by Crippen LogP contribution is -2.40. The molecule has 1 aromatic heterocycles. The molecule has 1 N–H and O–H groups in total. The van der Waals surface area contributed by atoms with Gasteiger partial charge in [-0.05, 0) is 104 Å². The highest BCUT2D eigenvalue weighted by Crippen LogP contribution is 2.58. The van der Waals surface area contributed by atoms with Crippen molar-refractivity contribution in [2.24, 2.45) is 23.7 Å². The number of carboxylic acids is 1. The number of carboxylic acid groups (broad SMARTS) is 1. The molecule has 31 heavy (non-hydrogen) atoms. The zero-order chi connectivity index (χ0) is 20.9. The maximum absolute atomic E-state index is 11.4. The standard InChI is InChI=1S/C26H30N2O3/c29-25(30)7-5-22(26-19-10-16-9-17(12-19)13-20(26)11-16)18-4-6-23-21(14-18)15-27-28(23)24-3-1-2-8-31-24/h4-7,14-17,19-20,24H,1-3,8-13H2,(H,29,30)/b7-5+,26-22?. The molecular weight excluding hydrogens is 388 g/mol. The lowest BCUT2D eigenvalue weighted by Gasteiger charge is -2.52. The number of aliphatic carboxylic acids is 1. The van der Waals surface area contributed by atoms with Crippen LogP contribution in [0.4, 0.5) is 0 Å². The lowest BCUT2D eigenvalue weighted by atomic mass is 9.53. The Morgan fingerprint density at radius 3 is 2.52 bits per heavy atom. The number of rotatable bonds is 4. The predicted octanol–water partition coefficient (Wildman–Crippen LogP) is 5.59. The molecule has 7 rings (SSSR count). The van der Waals surface area contributed by atoms with Gasteiger partial charge in [-0.3, -0.25) is 0 Å². The molecule has 0 radical (unpaired) electrons. The van der Waals surface area contributed by atoms with Crippen LogP contribution in [0.3, 0.4) is 0 Å². The summed E-state index contributed by atoms with van der Waals surface area (Å²) in [5.41, 5.74) is 4.87. The maximum atomic E-state index is 11.4. The van der Waals surface area contributed by atoms with Gasteiger partial charge in [0.2, 0.25) is 0 Å². The summed E-state index contributed by atoms with van der Waals surface area (Å²) in [4.78, 5) is 11.4. The molecule has 1 unspecified atom stereocenters. The van der Waals surface area contributed by atoms with Crippen LogP contribution in [-0.4, -0.2) is 27.5 Å². The first kappa shape index (κ1) is 19.3. The zero-order valence-electron chi connectivity index (χ0n) is 17.9. The van der Waals surface area contributed by atoms with E-state index < -0.39 is 5.97 Å². The first-order valence-electron chi connectivity index (χ1n) is 11.9. The Bertz CT molecular complexity index is 1040. The van der Waals surface area contributed by atoms with Crippen molar-refractivity contribution < 1.29 is 14.6 Å². The molecule has 2 aromatic rings. The first-order valence-corrected chi connectivity index (χ1v) is 11.9. The van der Waals surface area contributed by atoms with Crippen LogP contribution in [0, 0.1) is 23.7 Å². The Hall–Kier alpha value is -2.40. The fourth-order valence-electron chi connectivity index (χ4n) is 7.01. The summed E-state index contributed by atoms with van der Waals surface area (Å²) in [6.07, 6.45) is 15.0. The Morgan fingerprint density at radius 1 is 1.06 bits per heavy atom. The number of hydrogen-bond donors (Lipinski definition) is 1. The number of carbonyl (C=O) groups is 1. The summed E-state index contributed by atoms with van der Waals surface area (Å²) in [5.74, 6) is 2.13. The van der Waals surface area contributed by atoms with Crippen molar-refractivity contribution in [2.45, 2.75) is 57.6 Å². The van der Waals surface area contributed by atoms with Crippen molar-refractivity contribution in [3.05, 3.63) is 47.7 Å². The summed E-state index contributed by atoms with van der Waals surface area (Å²) in [5, 5.41) is 15.1. The molecule has 2 heterocycles. The highest BCUT2D eigenvalue weighted by Gasteiger charge is 2.46. The molecule has 0 spiro atoms. The van der Waals surface area contributed by atoms with Crippen molar-refractivity contribution in [1.29, 1.82) is 0 Å². The molecular formula is C26H30N2O3. The molecule has 4 bridgehead atoms. The highest BCUT2D eigenvalue weighted by molar-refractivity contribution is 5.90. The average Bonchev–Trinajstić information content (AvgIpc) is 3.19. The number of aromatic nitrogens is 2. The summed E-state index contributed by atoms with van der Waals surface area (Å²) in [7, 11) is 0. The van der Waals surface area contributed by atoms with E-state index in [4.69, 9.17) is 4.74 Å². The molecule has 1 aromatic carbocycles. The van der Waals surface area contributed by atoms with E-state index in [1.54, 1.807) is 0 Å². The lowest BCUT2D eigenvalue weighted by molar-refractivity contribution is -0.131. The molecule has 4 aliphatic carbocycles. The van der Waals surface area contributed by atoms with Gasteiger partial charge in [-0.25, -0.2) is 9.48 Å². The van der Waals surface area contributed by atoms with Gasteiger partial charge in [0, 0.05) is 18.1 Å². The van der Waals surface area contributed by atoms with E-state index in [0.29, 0.717) is 11.8 Å². The van der Waals surface area contributed by atoms with Crippen molar-refractivity contribution in [2.75, 3.05) is 6.61 Å². The summed E-state index contributed by atoms with van der Waals surface area (Å²) in [6.45, 7) is 0.797. The summed E-state index contributed by atoms with van der Waals surface area (Å²) in [6, 6.07) is 6.49. The van der Waals surface area contributed by atoms with E-state index >= 15 is 0 Å². The van der Waals surface area contributed by atoms with E-state index in [0.717, 1.165) is 53.3 Å². The van der Waals surface area contributed by atoms with Gasteiger partial charge in [0.25, 0.3) is 0 Å². The quantitative estimate of drug-likeness (QED) is 0.658. The molecule has 5 fully saturated rings. The maximum Gasteiger partial charge on any atom is 0.328 e. The van der Waals surface area contributed by atoms with Crippen molar-refractivity contribution in [3.63, 3.8) is 0 Å². The van der Waals surface area contributed by atoms with Crippen LogP contribution in [0.5, 0.6) is 0 Å². The highest BCUT2D eigenvalue weighted by atomic mass is 16.5. The smallest absolute Gasteiger partial charge is 0.328 e. The molecule has 5 heteroatoms. The number of benzene rings is 1. The van der Waals surface area contributed by atoms with E-state index in [1.165, 1.54) is 50.2 Å². The number of ether oxygens (including phenoxy) is 1. The number of nitrogens with zero attached hydrogens (tertiary/aromatic N) is 2. The Morgan fingerprint density at radius 2 is 1.84 bits per heavy atom. The second kappa shape index (κ2) is 7.63. The van der Waals surface area contributed by atoms with Crippen molar-refractivity contribution >= 4 is 22.4 Å². The van der Waals surface area contributed by atoms with Crippen LogP contribution in [0.2, 0.25) is 0 Å². The van der Waals surface area contributed by atoms with Crippen molar-refractivity contribution in [1.82, 2.24) is 9.78 Å². The molecule has 5 nitrogen and oxygen atoms in total. The second-order valence-corrected chi connectivity index (χ2v) is 10.0. The molecule has 0 amide bonds. The molecule has 4 saturated carbocycles. The number of hydrogen-bond acceptors (Lipinski definition) is 3. The van der Waals surface area contributed by atoms with Crippen molar-refractivity contribution in [3.8, 4) is 0 Å². The largest absolute Gasteiger partial charge is 0.478 e. The Kier molecular flexibility index (Phi) is 4.75. The fraction of sp³-hybridized carbons (Fsp3) is 0.538. The molecule has 1 aliphatic heterocycles. The zero-order valence-corrected chi connectivity index (χ0v) is 17.9. The van der Waals surface area contributed by atoms with Gasteiger partial charge in [0.15, 0.2) is 6.23 Å². The van der Waals surface area contributed by atoms with E-state index in [2.05, 4.69) is 23.3 Å². The van der Waals surface area contributed by atoms with Crippen LogP contribution < -0.4 is 0 Å². The SMILES string of the molecule is O=C(O)/C=C/C(=C1C2CC3CC(C2)CC1C3)c1ccc2c(cnn2C2CCCCO2)c1. The van der Waals surface area contributed by atoms with E-state index in [1.807, 2.05) is 17.0 Å². The average molecular weight is 419 g/mol. The third-order valence-electron chi connectivity index (χ3n) is 8.06. The van der Waals surface area contributed by atoms with Crippen LogP contribution in [0.25, 0.3) is 16.5 Å². The van der Waals surface area contributed by atoms with Crippen LogP contribution in [0.15, 0.2) is 42.1 Å². The van der Waals surface area contributed by atoms with Gasteiger partial charge < -0.3 is 9.84 Å². The van der Waals surface area contributed by atoms with Gasteiger partial charge in [0.05, 0.1) is 11.7 Å². The Labute approximate surface area is 182 Å². The van der Waals surface area contributed by atoms with E-state index in [-0.39, 0.29) is 6.23 Å². The molecule has 162 valence electrons. The molecule has 1 saturated heterocycles. The van der Waals surface area contributed by atoms with Gasteiger partial charge >= 0.3 is 5.97 Å². The predicted molar refractivity (Wildman–Crippen MR) is 119 cm³/mol. The van der Waals surface area contributed by atoms with Crippen LogP contribution >= 0.6 is 0 Å².